The van der Waals surface area contributed by atoms with Crippen LogP contribution in [0, 0.1) is 0 Å². The Morgan fingerprint density at radius 1 is 1.23 bits per heavy atom. The zero-order chi connectivity index (χ0) is 16.4. The van der Waals surface area contributed by atoms with Crippen LogP contribution in [0.15, 0.2) is 24.3 Å². The van der Waals surface area contributed by atoms with E-state index in [-0.39, 0.29) is 5.97 Å². The number of rotatable bonds is 8. The van der Waals surface area contributed by atoms with Gasteiger partial charge in [0.1, 0.15) is 0 Å². The predicted molar refractivity (Wildman–Crippen MR) is 95.4 cm³/mol. The van der Waals surface area contributed by atoms with Crippen LogP contribution < -0.4 is 10.6 Å². The van der Waals surface area contributed by atoms with Gasteiger partial charge < -0.3 is 15.4 Å². The van der Waals surface area contributed by atoms with Crippen molar-refractivity contribution in [1.29, 1.82) is 0 Å². The topological polar surface area (TPSA) is 50.4 Å². The number of carbonyl (C=O) groups excluding carboxylic acids is 1. The molecule has 0 amide bonds. The molecule has 2 N–H and O–H groups in total. The average molecular weight is 322 g/mol. The van der Waals surface area contributed by atoms with Crippen LogP contribution in [0.1, 0.15) is 56.8 Å². The van der Waals surface area contributed by atoms with Crippen molar-refractivity contribution in [3.05, 3.63) is 29.8 Å². The van der Waals surface area contributed by atoms with Crippen molar-refractivity contribution < 1.29 is 9.53 Å². The number of benzene rings is 1. The van der Waals surface area contributed by atoms with Crippen LogP contribution in [0.5, 0.6) is 0 Å². The molecule has 0 saturated heterocycles. The summed E-state index contributed by atoms with van der Waals surface area (Å²) in [7, 11) is 0. The van der Waals surface area contributed by atoms with E-state index in [1.807, 2.05) is 12.1 Å². The summed E-state index contributed by atoms with van der Waals surface area (Å²) < 4.78 is 4.95. The number of thiocarbonyl (C=S) groups is 1. The van der Waals surface area contributed by atoms with Crippen molar-refractivity contribution in [1.82, 2.24) is 5.32 Å². The highest BCUT2D eigenvalue weighted by Gasteiger charge is 2.07. The molecule has 1 aromatic carbocycles. The molecule has 0 aliphatic carbocycles. The van der Waals surface area contributed by atoms with Crippen LogP contribution >= 0.6 is 12.2 Å². The highest BCUT2D eigenvalue weighted by molar-refractivity contribution is 7.80. The molecule has 0 heterocycles. The summed E-state index contributed by atoms with van der Waals surface area (Å²) in [5.41, 5.74) is 1.39. The standard InChI is InChI=1S/C17H26N2O2S/c1-4-6-7-8-13(3)18-17(22)19-15-11-9-14(10-12-15)16(20)21-5-2/h9-13H,4-8H2,1-3H3,(H2,18,19,22). The number of nitrogens with one attached hydrogen (secondary N) is 2. The number of ether oxygens (including phenoxy) is 1. The minimum absolute atomic E-state index is 0.306. The summed E-state index contributed by atoms with van der Waals surface area (Å²) in [5, 5.41) is 7.01. The molecule has 1 rings (SSSR count). The minimum atomic E-state index is -0.306. The van der Waals surface area contributed by atoms with Crippen molar-refractivity contribution in [3.63, 3.8) is 0 Å². The Labute approximate surface area is 138 Å². The molecule has 1 atom stereocenters. The highest BCUT2D eigenvalue weighted by atomic mass is 32.1. The van der Waals surface area contributed by atoms with E-state index in [0.717, 1.165) is 12.1 Å². The first kappa shape index (κ1) is 18.4. The van der Waals surface area contributed by atoms with E-state index < -0.39 is 0 Å². The van der Waals surface area contributed by atoms with Gasteiger partial charge in [0.2, 0.25) is 0 Å². The summed E-state index contributed by atoms with van der Waals surface area (Å²) in [6, 6.07) is 7.45. The van der Waals surface area contributed by atoms with Gasteiger partial charge in [0.25, 0.3) is 0 Å². The van der Waals surface area contributed by atoms with Crippen LogP contribution in [0.25, 0.3) is 0 Å². The van der Waals surface area contributed by atoms with Crippen molar-refractivity contribution in [3.8, 4) is 0 Å². The lowest BCUT2D eigenvalue weighted by atomic mass is 10.1. The second-order valence-corrected chi connectivity index (χ2v) is 5.70. The van der Waals surface area contributed by atoms with Crippen molar-refractivity contribution in [2.45, 2.75) is 52.5 Å². The molecule has 0 saturated carbocycles. The fourth-order valence-corrected chi connectivity index (χ4v) is 2.39. The summed E-state index contributed by atoms with van der Waals surface area (Å²) >= 11 is 5.30. The van der Waals surface area contributed by atoms with Gasteiger partial charge in [0, 0.05) is 11.7 Å². The second kappa shape index (κ2) is 10.2. The summed E-state index contributed by atoms with van der Waals surface area (Å²) in [6.07, 6.45) is 4.79. The molecule has 122 valence electrons. The van der Waals surface area contributed by atoms with Gasteiger partial charge in [0.15, 0.2) is 5.11 Å². The van der Waals surface area contributed by atoms with E-state index in [4.69, 9.17) is 17.0 Å². The molecule has 1 aromatic rings. The van der Waals surface area contributed by atoms with Crippen molar-refractivity contribution >= 4 is 29.0 Å². The SMILES string of the molecule is CCCCCC(C)NC(=S)Nc1ccc(C(=O)OCC)cc1. The number of carbonyl (C=O) groups is 1. The Hall–Kier alpha value is -1.62. The highest BCUT2D eigenvalue weighted by Crippen LogP contribution is 2.11. The number of esters is 1. The van der Waals surface area contributed by atoms with Gasteiger partial charge in [-0.1, -0.05) is 26.2 Å². The van der Waals surface area contributed by atoms with E-state index in [1.54, 1.807) is 19.1 Å². The maximum Gasteiger partial charge on any atom is 0.338 e. The third-order valence-corrected chi connectivity index (χ3v) is 3.49. The number of hydrogen-bond donors (Lipinski definition) is 2. The molecule has 22 heavy (non-hydrogen) atoms. The van der Waals surface area contributed by atoms with E-state index in [1.165, 1.54) is 19.3 Å². The smallest absolute Gasteiger partial charge is 0.338 e. The van der Waals surface area contributed by atoms with Crippen LogP contribution in [-0.4, -0.2) is 23.7 Å². The Kier molecular flexibility index (Phi) is 8.51. The lowest BCUT2D eigenvalue weighted by Crippen LogP contribution is -2.35. The molecule has 0 fully saturated rings. The van der Waals surface area contributed by atoms with Crippen molar-refractivity contribution in [2.75, 3.05) is 11.9 Å². The quantitative estimate of drug-likeness (QED) is 0.428. The predicted octanol–water partition coefficient (Wildman–Crippen LogP) is 4.12. The molecule has 0 aromatic heterocycles. The van der Waals surface area contributed by atoms with Gasteiger partial charge in [-0.15, -0.1) is 0 Å². The van der Waals surface area contributed by atoms with Crippen LogP contribution in [0.2, 0.25) is 0 Å². The molecule has 1 unspecified atom stereocenters. The van der Waals surface area contributed by atoms with Crippen LogP contribution in [-0.2, 0) is 4.74 Å². The summed E-state index contributed by atoms with van der Waals surface area (Å²) in [5.74, 6) is -0.306. The molecule has 0 aliphatic rings. The largest absolute Gasteiger partial charge is 0.462 e. The van der Waals surface area contributed by atoms with Gasteiger partial charge in [-0.25, -0.2) is 4.79 Å². The third-order valence-electron chi connectivity index (χ3n) is 3.27. The van der Waals surface area contributed by atoms with Gasteiger partial charge in [-0.2, -0.15) is 0 Å². The van der Waals surface area contributed by atoms with Gasteiger partial charge >= 0.3 is 5.97 Å². The molecule has 5 heteroatoms. The summed E-state index contributed by atoms with van der Waals surface area (Å²) in [6.45, 7) is 6.50. The zero-order valence-corrected chi connectivity index (χ0v) is 14.5. The fourth-order valence-electron chi connectivity index (χ4n) is 2.07. The Morgan fingerprint density at radius 3 is 2.50 bits per heavy atom. The van der Waals surface area contributed by atoms with E-state index >= 15 is 0 Å². The van der Waals surface area contributed by atoms with E-state index in [2.05, 4.69) is 24.5 Å². The zero-order valence-electron chi connectivity index (χ0n) is 13.6. The molecule has 0 bridgehead atoms. The molecular weight excluding hydrogens is 296 g/mol. The second-order valence-electron chi connectivity index (χ2n) is 5.29. The first-order chi connectivity index (χ1) is 10.6. The minimum Gasteiger partial charge on any atom is -0.462 e. The van der Waals surface area contributed by atoms with Gasteiger partial charge in [-0.05, 0) is 56.8 Å². The first-order valence-corrected chi connectivity index (χ1v) is 8.32. The van der Waals surface area contributed by atoms with E-state index in [0.29, 0.717) is 23.3 Å². The fraction of sp³-hybridized carbons (Fsp3) is 0.529. The lowest BCUT2D eigenvalue weighted by molar-refractivity contribution is 0.0526. The Bertz CT molecular complexity index is 474. The molecule has 4 nitrogen and oxygen atoms in total. The molecule has 0 radical (unpaired) electrons. The maximum absolute atomic E-state index is 11.6. The lowest BCUT2D eigenvalue weighted by Gasteiger charge is -2.17. The molecule has 0 spiro atoms. The van der Waals surface area contributed by atoms with Crippen LogP contribution in [0.4, 0.5) is 5.69 Å². The Balaban J connectivity index is 2.42. The van der Waals surface area contributed by atoms with E-state index in [9.17, 15) is 4.79 Å². The number of unbranched alkanes of at least 4 members (excludes halogenated alkanes) is 2. The molecular formula is C17H26N2O2S. The molecule has 0 aliphatic heterocycles. The van der Waals surface area contributed by atoms with Gasteiger partial charge in [0.05, 0.1) is 12.2 Å². The summed E-state index contributed by atoms with van der Waals surface area (Å²) in [4.78, 5) is 11.6. The Morgan fingerprint density at radius 2 is 1.91 bits per heavy atom. The van der Waals surface area contributed by atoms with Crippen LogP contribution in [0.3, 0.4) is 0 Å². The maximum atomic E-state index is 11.6. The number of anilines is 1. The normalized spacial score (nSPS) is 11.6. The monoisotopic (exact) mass is 322 g/mol. The number of hydrogen-bond acceptors (Lipinski definition) is 3. The van der Waals surface area contributed by atoms with Gasteiger partial charge in [-0.3, -0.25) is 0 Å². The first-order valence-electron chi connectivity index (χ1n) is 7.91. The third kappa shape index (κ3) is 6.89. The average Bonchev–Trinajstić information content (AvgIpc) is 2.48. The van der Waals surface area contributed by atoms with Crippen molar-refractivity contribution in [2.24, 2.45) is 0 Å².